The van der Waals surface area contributed by atoms with Gasteiger partial charge in [0.05, 0.1) is 18.3 Å². The van der Waals surface area contributed by atoms with E-state index in [-0.39, 0.29) is 17.9 Å². The minimum absolute atomic E-state index is 0.110. The first kappa shape index (κ1) is 14.9. The van der Waals surface area contributed by atoms with E-state index in [1.165, 1.54) is 0 Å². The number of carbonyl (C=O) groups excluding carboxylic acids is 1. The predicted molar refractivity (Wildman–Crippen MR) is 82.0 cm³/mol. The summed E-state index contributed by atoms with van der Waals surface area (Å²) in [5, 5.41) is -0.228. The Morgan fingerprint density at radius 3 is 2.59 bits per heavy atom. The second kappa shape index (κ2) is 5.99. The van der Waals surface area contributed by atoms with Crippen molar-refractivity contribution < 1.29 is 17.9 Å². The first-order valence-electron chi connectivity index (χ1n) is 7.08. The molecular formula is C15H16N2O4S. The van der Waals surface area contributed by atoms with Crippen LogP contribution in [0.4, 0.5) is 10.5 Å². The summed E-state index contributed by atoms with van der Waals surface area (Å²) < 4.78 is 30.6. The second-order valence-electron chi connectivity index (χ2n) is 5.18. The third-order valence-corrected chi connectivity index (χ3v) is 5.39. The summed E-state index contributed by atoms with van der Waals surface area (Å²) in [4.78, 5) is 13.0. The smallest absolute Gasteiger partial charge is 0.414 e. The zero-order valence-electron chi connectivity index (χ0n) is 11.9. The van der Waals surface area contributed by atoms with Gasteiger partial charge in [-0.05, 0) is 37.1 Å². The van der Waals surface area contributed by atoms with Gasteiger partial charge in [0.1, 0.15) is 6.61 Å². The molecule has 1 saturated carbocycles. The molecule has 2 fully saturated rings. The fraction of sp³-hybridized carbons (Fsp3) is 0.400. The van der Waals surface area contributed by atoms with Crippen molar-refractivity contribution in [2.24, 2.45) is 0 Å². The number of benzene rings is 1. The van der Waals surface area contributed by atoms with Gasteiger partial charge in [-0.3, -0.25) is 4.90 Å². The highest BCUT2D eigenvalue weighted by Gasteiger charge is 2.35. The van der Waals surface area contributed by atoms with E-state index in [0.29, 0.717) is 13.2 Å². The molecule has 0 radical (unpaired) electrons. The van der Waals surface area contributed by atoms with Crippen molar-refractivity contribution in [1.29, 1.82) is 0 Å². The Morgan fingerprint density at radius 1 is 1.27 bits per heavy atom. The molecule has 7 heteroatoms. The van der Waals surface area contributed by atoms with Crippen LogP contribution in [-0.2, 0) is 14.8 Å². The van der Waals surface area contributed by atoms with Crippen LogP contribution in [0.2, 0.25) is 0 Å². The molecular weight excluding hydrogens is 304 g/mol. The number of cyclic esters (lactones) is 1. The van der Waals surface area contributed by atoms with Crippen LogP contribution >= 0.6 is 0 Å². The number of anilines is 1. The largest absolute Gasteiger partial charge is 0.447 e. The summed E-state index contributed by atoms with van der Waals surface area (Å²) in [7, 11) is -3.18. The maximum atomic E-state index is 11.6. The summed E-state index contributed by atoms with van der Waals surface area (Å²) in [5.41, 5.74) is 1.53. The summed E-state index contributed by atoms with van der Waals surface area (Å²) in [6, 6.07) is 7.18. The third-order valence-electron chi connectivity index (χ3n) is 3.50. The van der Waals surface area contributed by atoms with Gasteiger partial charge in [0.25, 0.3) is 0 Å². The van der Waals surface area contributed by atoms with Gasteiger partial charge in [-0.2, -0.15) is 0 Å². The van der Waals surface area contributed by atoms with Crippen molar-refractivity contribution in [2.45, 2.75) is 18.1 Å². The highest BCUT2D eigenvalue weighted by molar-refractivity contribution is 7.90. The number of nitrogens with one attached hydrogen (secondary N) is 1. The van der Waals surface area contributed by atoms with Gasteiger partial charge in [0.15, 0.2) is 0 Å². The average Bonchev–Trinajstić information content (AvgIpc) is 3.28. The molecule has 1 N–H and O–H groups in total. The van der Waals surface area contributed by atoms with E-state index in [9.17, 15) is 13.2 Å². The van der Waals surface area contributed by atoms with E-state index in [4.69, 9.17) is 4.74 Å². The monoisotopic (exact) mass is 320 g/mol. The SMILES string of the molecule is O=C1OCCN1c1ccc(C#CCNS(=O)(=O)C2CC2)cc1. The predicted octanol–water partition coefficient (Wildman–Crippen LogP) is 1.08. The van der Waals surface area contributed by atoms with Crippen LogP contribution in [0.5, 0.6) is 0 Å². The highest BCUT2D eigenvalue weighted by atomic mass is 32.2. The maximum Gasteiger partial charge on any atom is 0.414 e. The Hall–Kier alpha value is -2.04. The molecule has 6 nitrogen and oxygen atoms in total. The normalized spacial score (nSPS) is 17.8. The zero-order valence-corrected chi connectivity index (χ0v) is 12.7. The Balaban J connectivity index is 1.57. The number of ether oxygens (including phenoxy) is 1. The quantitative estimate of drug-likeness (QED) is 0.842. The molecule has 0 bridgehead atoms. The first-order chi connectivity index (χ1) is 10.6. The van der Waals surface area contributed by atoms with Crippen molar-refractivity contribution >= 4 is 21.8 Å². The van der Waals surface area contributed by atoms with E-state index in [1.807, 2.05) is 0 Å². The van der Waals surface area contributed by atoms with Crippen molar-refractivity contribution in [3.05, 3.63) is 29.8 Å². The number of nitrogens with zero attached hydrogens (tertiary/aromatic N) is 1. The lowest BCUT2D eigenvalue weighted by atomic mass is 10.2. The fourth-order valence-corrected chi connectivity index (χ4v) is 3.40. The topological polar surface area (TPSA) is 75.7 Å². The molecule has 1 aromatic rings. The maximum absolute atomic E-state index is 11.6. The Bertz CT molecular complexity index is 727. The van der Waals surface area contributed by atoms with Gasteiger partial charge in [0, 0.05) is 11.3 Å². The van der Waals surface area contributed by atoms with Crippen LogP contribution in [-0.4, -0.2) is 39.5 Å². The molecule has 22 heavy (non-hydrogen) atoms. The lowest BCUT2D eigenvalue weighted by Gasteiger charge is -2.11. The molecule has 0 spiro atoms. The summed E-state index contributed by atoms with van der Waals surface area (Å²) in [6.07, 6.45) is 1.14. The molecule has 1 amide bonds. The van der Waals surface area contributed by atoms with E-state index in [0.717, 1.165) is 24.1 Å². The Kier molecular flexibility index (Phi) is 4.05. The summed E-state index contributed by atoms with van der Waals surface area (Å²) in [5.74, 6) is 5.69. The van der Waals surface area contributed by atoms with Gasteiger partial charge in [-0.1, -0.05) is 11.8 Å². The van der Waals surface area contributed by atoms with Crippen molar-refractivity contribution in [1.82, 2.24) is 4.72 Å². The van der Waals surface area contributed by atoms with Crippen LogP contribution in [0.15, 0.2) is 24.3 Å². The van der Waals surface area contributed by atoms with Crippen LogP contribution in [0.3, 0.4) is 0 Å². The van der Waals surface area contributed by atoms with Gasteiger partial charge < -0.3 is 4.74 Å². The average molecular weight is 320 g/mol. The Morgan fingerprint density at radius 2 is 2.00 bits per heavy atom. The molecule has 0 atom stereocenters. The Labute approximate surface area is 129 Å². The van der Waals surface area contributed by atoms with Crippen LogP contribution in [0.25, 0.3) is 0 Å². The fourth-order valence-electron chi connectivity index (χ4n) is 2.13. The summed E-state index contributed by atoms with van der Waals surface area (Å²) >= 11 is 0. The molecule has 1 saturated heterocycles. The first-order valence-corrected chi connectivity index (χ1v) is 8.62. The zero-order chi connectivity index (χ0) is 15.6. The number of amides is 1. The minimum atomic E-state index is -3.18. The highest BCUT2D eigenvalue weighted by Crippen LogP contribution is 2.27. The molecule has 2 aliphatic rings. The van der Waals surface area contributed by atoms with Crippen LogP contribution in [0, 0.1) is 11.8 Å². The van der Waals surface area contributed by atoms with Gasteiger partial charge in [-0.15, -0.1) is 0 Å². The number of sulfonamides is 1. The molecule has 1 heterocycles. The van der Waals surface area contributed by atoms with Crippen LogP contribution in [0.1, 0.15) is 18.4 Å². The number of hydrogen-bond donors (Lipinski definition) is 1. The van der Waals surface area contributed by atoms with Crippen molar-refractivity contribution in [3.63, 3.8) is 0 Å². The van der Waals surface area contributed by atoms with Crippen molar-refractivity contribution in [2.75, 3.05) is 24.6 Å². The second-order valence-corrected chi connectivity index (χ2v) is 7.23. The lowest BCUT2D eigenvalue weighted by molar-refractivity contribution is 0.181. The van der Waals surface area contributed by atoms with Gasteiger partial charge in [0.2, 0.25) is 10.0 Å². The molecule has 3 rings (SSSR count). The number of hydrogen-bond acceptors (Lipinski definition) is 4. The van der Waals surface area contributed by atoms with Gasteiger partial charge in [-0.25, -0.2) is 17.9 Å². The molecule has 116 valence electrons. The molecule has 0 aromatic heterocycles. The van der Waals surface area contributed by atoms with E-state index >= 15 is 0 Å². The van der Waals surface area contributed by atoms with E-state index < -0.39 is 10.0 Å². The minimum Gasteiger partial charge on any atom is -0.447 e. The molecule has 0 unspecified atom stereocenters. The standard InChI is InChI=1S/C15H16N2O4S/c18-15-17(10-11-21-15)13-5-3-12(4-6-13)2-1-9-16-22(19,20)14-7-8-14/h3-6,14,16H,7-11H2. The molecule has 1 aromatic carbocycles. The number of rotatable bonds is 4. The number of carbonyl (C=O) groups is 1. The third kappa shape index (κ3) is 3.40. The van der Waals surface area contributed by atoms with E-state index in [1.54, 1.807) is 29.2 Å². The van der Waals surface area contributed by atoms with Crippen LogP contribution < -0.4 is 9.62 Å². The summed E-state index contributed by atoms with van der Waals surface area (Å²) in [6.45, 7) is 1.06. The van der Waals surface area contributed by atoms with E-state index in [2.05, 4.69) is 16.6 Å². The van der Waals surface area contributed by atoms with Gasteiger partial charge >= 0.3 is 6.09 Å². The lowest BCUT2D eigenvalue weighted by Crippen LogP contribution is -2.27. The van der Waals surface area contributed by atoms with Crippen molar-refractivity contribution in [3.8, 4) is 11.8 Å². The molecule has 1 aliphatic carbocycles. The molecule has 1 aliphatic heterocycles.